The maximum Gasteiger partial charge on any atom is 0.127 e. The molecule has 0 aliphatic heterocycles. The Morgan fingerprint density at radius 3 is 1.61 bits per heavy atom. The topological polar surface area (TPSA) is 9.23 Å². The molecule has 0 N–H and O–H groups in total. The molecule has 3 aromatic carbocycles. The van der Waals surface area contributed by atoms with Gasteiger partial charge >= 0.3 is 0 Å². The summed E-state index contributed by atoms with van der Waals surface area (Å²) >= 11 is 0. The Bertz CT molecular complexity index is 829. The lowest BCUT2D eigenvalue weighted by Crippen LogP contribution is -1.87. The summed E-state index contributed by atoms with van der Waals surface area (Å²) in [5.41, 5.74) is 7.62. The molecule has 0 spiro atoms. The highest BCUT2D eigenvalue weighted by Crippen LogP contribution is 2.27. The van der Waals surface area contributed by atoms with Crippen LogP contribution in [-0.2, 0) is 0 Å². The monoisotopic (exact) mass is 302 g/mol. The van der Waals surface area contributed by atoms with Crippen molar-refractivity contribution in [2.24, 2.45) is 0 Å². The first-order valence-corrected chi connectivity index (χ1v) is 7.96. The number of benzene rings is 3. The summed E-state index contributed by atoms with van der Waals surface area (Å²) in [4.78, 5) is 0. The van der Waals surface area contributed by atoms with Gasteiger partial charge in [0.05, 0.1) is 0 Å². The van der Waals surface area contributed by atoms with E-state index in [0.29, 0.717) is 0 Å². The van der Waals surface area contributed by atoms with Gasteiger partial charge in [0.1, 0.15) is 11.5 Å². The molecule has 3 rings (SSSR count). The van der Waals surface area contributed by atoms with Gasteiger partial charge in [-0.1, -0.05) is 36.4 Å². The summed E-state index contributed by atoms with van der Waals surface area (Å²) in [5.74, 6) is 1.74. The van der Waals surface area contributed by atoms with Crippen molar-refractivity contribution in [1.82, 2.24) is 0 Å². The molecule has 0 saturated heterocycles. The van der Waals surface area contributed by atoms with Gasteiger partial charge in [-0.25, -0.2) is 0 Å². The Hall–Kier alpha value is -2.54. The third-order valence-corrected chi connectivity index (χ3v) is 4.41. The van der Waals surface area contributed by atoms with Crippen LogP contribution >= 0.6 is 0 Å². The minimum Gasteiger partial charge on any atom is -0.457 e. The van der Waals surface area contributed by atoms with E-state index in [-0.39, 0.29) is 0 Å². The average molecular weight is 302 g/mol. The highest BCUT2D eigenvalue weighted by molar-refractivity contribution is 5.65. The van der Waals surface area contributed by atoms with Crippen LogP contribution in [0.1, 0.15) is 22.3 Å². The predicted octanol–water partition coefficient (Wildman–Crippen LogP) is 6.38. The first-order chi connectivity index (χ1) is 11.0. The molecule has 0 aliphatic carbocycles. The molecule has 1 heteroatoms. The fourth-order valence-corrected chi connectivity index (χ4v) is 2.55. The molecule has 0 amide bonds. The molecule has 116 valence electrons. The van der Waals surface area contributed by atoms with Crippen molar-refractivity contribution in [3.63, 3.8) is 0 Å². The van der Waals surface area contributed by atoms with Gasteiger partial charge in [-0.2, -0.15) is 0 Å². The van der Waals surface area contributed by atoms with E-state index in [1.807, 2.05) is 18.2 Å². The van der Waals surface area contributed by atoms with Crippen LogP contribution in [0.5, 0.6) is 11.5 Å². The number of ether oxygens (including phenoxy) is 1. The van der Waals surface area contributed by atoms with E-state index in [9.17, 15) is 0 Å². The summed E-state index contributed by atoms with van der Waals surface area (Å²) in [6, 6.07) is 21.0. The second-order valence-corrected chi connectivity index (χ2v) is 6.17. The summed E-state index contributed by atoms with van der Waals surface area (Å²) in [5, 5.41) is 0. The standard InChI is InChI=1S/C22H22O/c1-15-5-7-20(13-17(15)3)19-8-11-21(12-9-19)23-22-10-6-16(2)18(4)14-22/h5-14H,1-4H3. The van der Waals surface area contributed by atoms with Crippen LogP contribution in [-0.4, -0.2) is 0 Å². The first-order valence-electron chi connectivity index (χ1n) is 7.96. The molecule has 0 bridgehead atoms. The van der Waals surface area contributed by atoms with E-state index < -0.39 is 0 Å². The molecule has 23 heavy (non-hydrogen) atoms. The van der Waals surface area contributed by atoms with Gasteiger partial charge in [0.15, 0.2) is 0 Å². The van der Waals surface area contributed by atoms with Gasteiger partial charge in [-0.05, 0) is 85.3 Å². The van der Waals surface area contributed by atoms with Crippen LogP contribution in [0.2, 0.25) is 0 Å². The molecule has 1 nitrogen and oxygen atoms in total. The molecule has 0 heterocycles. The molecule has 0 radical (unpaired) electrons. The van der Waals surface area contributed by atoms with Gasteiger partial charge in [0.2, 0.25) is 0 Å². The Labute approximate surface area is 138 Å². The van der Waals surface area contributed by atoms with Crippen LogP contribution in [0.25, 0.3) is 11.1 Å². The summed E-state index contributed by atoms with van der Waals surface area (Å²) in [6.07, 6.45) is 0. The molecule has 3 aromatic rings. The number of hydrogen-bond acceptors (Lipinski definition) is 1. The van der Waals surface area contributed by atoms with Crippen LogP contribution < -0.4 is 4.74 Å². The molecule has 0 saturated carbocycles. The molecular weight excluding hydrogens is 280 g/mol. The van der Waals surface area contributed by atoms with Gasteiger partial charge in [-0.3, -0.25) is 0 Å². The Balaban J connectivity index is 1.81. The number of hydrogen-bond donors (Lipinski definition) is 0. The quantitative estimate of drug-likeness (QED) is 0.545. The third-order valence-electron chi connectivity index (χ3n) is 4.41. The minimum atomic E-state index is 0.862. The maximum atomic E-state index is 5.95. The van der Waals surface area contributed by atoms with Gasteiger partial charge in [0.25, 0.3) is 0 Å². The summed E-state index contributed by atoms with van der Waals surface area (Å²) in [6.45, 7) is 8.50. The van der Waals surface area contributed by atoms with Gasteiger partial charge < -0.3 is 4.74 Å². The highest BCUT2D eigenvalue weighted by atomic mass is 16.5. The zero-order chi connectivity index (χ0) is 16.4. The van der Waals surface area contributed by atoms with Crippen molar-refractivity contribution in [3.05, 3.63) is 82.9 Å². The molecule has 0 fully saturated rings. The van der Waals surface area contributed by atoms with Crippen LogP contribution in [0.4, 0.5) is 0 Å². The number of aryl methyl sites for hydroxylation is 4. The molecule has 0 atom stereocenters. The van der Waals surface area contributed by atoms with Crippen LogP contribution in [0.15, 0.2) is 60.7 Å². The van der Waals surface area contributed by atoms with E-state index in [1.54, 1.807) is 0 Å². The Kier molecular flexibility index (Phi) is 4.20. The second kappa shape index (κ2) is 6.29. The first kappa shape index (κ1) is 15.4. The lowest BCUT2D eigenvalue weighted by molar-refractivity contribution is 0.482. The lowest BCUT2D eigenvalue weighted by atomic mass is 10.0. The Morgan fingerprint density at radius 1 is 0.478 bits per heavy atom. The fraction of sp³-hybridized carbons (Fsp3) is 0.182. The van der Waals surface area contributed by atoms with E-state index in [1.165, 1.54) is 33.4 Å². The van der Waals surface area contributed by atoms with E-state index in [2.05, 4.69) is 70.2 Å². The Morgan fingerprint density at radius 2 is 1.00 bits per heavy atom. The third kappa shape index (κ3) is 3.45. The zero-order valence-corrected chi connectivity index (χ0v) is 14.2. The van der Waals surface area contributed by atoms with Crippen molar-refractivity contribution in [2.45, 2.75) is 27.7 Å². The largest absolute Gasteiger partial charge is 0.457 e. The average Bonchev–Trinajstić information content (AvgIpc) is 2.54. The lowest BCUT2D eigenvalue weighted by Gasteiger charge is -2.09. The smallest absolute Gasteiger partial charge is 0.127 e. The van der Waals surface area contributed by atoms with E-state index in [4.69, 9.17) is 4.74 Å². The molecular formula is C22H22O. The SMILES string of the molecule is Cc1ccc(Oc2ccc(-c3ccc(C)c(C)c3)cc2)cc1C. The highest BCUT2D eigenvalue weighted by Gasteiger charge is 2.03. The van der Waals surface area contributed by atoms with E-state index in [0.717, 1.165) is 11.5 Å². The second-order valence-electron chi connectivity index (χ2n) is 6.17. The minimum absolute atomic E-state index is 0.862. The number of rotatable bonds is 3. The summed E-state index contributed by atoms with van der Waals surface area (Å²) in [7, 11) is 0. The van der Waals surface area contributed by atoms with Crippen molar-refractivity contribution >= 4 is 0 Å². The molecule has 0 unspecified atom stereocenters. The van der Waals surface area contributed by atoms with Crippen molar-refractivity contribution in [1.29, 1.82) is 0 Å². The van der Waals surface area contributed by atoms with Crippen molar-refractivity contribution in [2.75, 3.05) is 0 Å². The van der Waals surface area contributed by atoms with Gasteiger partial charge in [-0.15, -0.1) is 0 Å². The normalized spacial score (nSPS) is 10.6. The van der Waals surface area contributed by atoms with Crippen LogP contribution in [0.3, 0.4) is 0 Å². The fourth-order valence-electron chi connectivity index (χ4n) is 2.55. The summed E-state index contributed by atoms with van der Waals surface area (Å²) < 4.78 is 5.95. The predicted molar refractivity (Wildman–Crippen MR) is 97.3 cm³/mol. The van der Waals surface area contributed by atoms with Crippen molar-refractivity contribution < 1.29 is 4.74 Å². The van der Waals surface area contributed by atoms with Crippen LogP contribution in [0, 0.1) is 27.7 Å². The molecule has 0 aromatic heterocycles. The zero-order valence-electron chi connectivity index (χ0n) is 14.2. The maximum absolute atomic E-state index is 5.95. The van der Waals surface area contributed by atoms with E-state index >= 15 is 0 Å². The van der Waals surface area contributed by atoms with Crippen molar-refractivity contribution in [3.8, 4) is 22.6 Å². The molecule has 0 aliphatic rings. The van der Waals surface area contributed by atoms with Gasteiger partial charge in [0, 0.05) is 0 Å².